The molecule has 1 radical (unpaired) electrons. The molecule has 1 rings (SSSR count). The van der Waals surface area contributed by atoms with Gasteiger partial charge in [-0.2, -0.15) is 5.26 Å². The Labute approximate surface area is 89.9 Å². The van der Waals surface area contributed by atoms with Crippen LogP contribution in [-0.2, 0) is 0 Å². The van der Waals surface area contributed by atoms with E-state index in [0.717, 1.165) is 6.61 Å². The molecular formula is C12H14NO2. The topological polar surface area (TPSA) is 53.2 Å². The van der Waals surface area contributed by atoms with Crippen molar-refractivity contribution in [2.45, 2.75) is 26.4 Å². The first kappa shape index (κ1) is 11.5. The highest BCUT2D eigenvalue weighted by molar-refractivity contribution is 5.50. The molecule has 0 unspecified atom stereocenters. The van der Waals surface area contributed by atoms with Crippen LogP contribution in [0.1, 0.15) is 31.9 Å². The summed E-state index contributed by atoms with van der Waals surface area (Å²) in [5.74, 6) is 0.493. The summed E-state index contributed by atoms with van der Waals surface area (Å²) in [6.45, 7) is 6.63. The highest BCUT2D eigenvalue weighted by Gasteiger charge is 2.16. The summed E-state index contributed by atoms with van der Waals surface area (Å²) in [6.07, 6.45) is 0. The Balaban J connectivity index is 3.14. The van der Waals surface area contributed by atoms with Crippen LogP contribution < -0.4 is 4.74 Å². The average molecular weight is 204 g/mol. The Morgan fingerprint density at radius 1 is 1.40 bits per heavy atom. The van der Waals surface area contributed by atoms with Crippen molar-refractivity contribution in [2.24, 2.45) is 0 Å². The normalized spacial score (nSPS) is 10.9. The lowest BCUT2D eigenvalue weighted by Gasteiger charge is -2.22. The lowest BCUT2D eigenvalue weighted by atomic mass is 10.1. The van der Waals surface area contributed by atoms with Crippen molar-refractivity contribution in [1.29, 1.82) is 5.26 Å². The largest absolute Gasteiger partial charge is 0.487 e. The first-order valence-electron chi connectivity index (χ1n) is 4.67. The summed E-state index contributed by atoms with van der Waals surface area (Å²) < 4.78 is 5.61. The predicted octanol–water partition coefficient (Wildman–Crippen LogP) is 2.62. The molecule has 0 aliphatic carbocycles. The maximum atomic E-state index is 8.97. The third-order valence-corrected chi connectivity index (χ3v) is 1.73. The minimum Gasteiger partial charge on any atom is -0.487 e. The van der Waals surface area contributed by atoms with Crippen LogP contribution in [0.25, 0.3) is 0 Å². The van der Waals surface area contributed by atoms with Crippen LogP contribution in [0.3, 0.4) is 0 Å². The minimum absolute atomic E-state index is 0.356. The third-order valence-electron chi connectivity index (χ3n) is 1.73. The summed E-state index contributed by atoms with van der Waals surface area (Å²) in [5.41, 5.74) is 0.467. The Bertz CT molecular complexity index is 386. The number of nitriles is 1. The molecule has 0 aliphatic rings. The number of nitrogens with zero attached hydrogens (tertiary/aromatic N) is 1. The summed E-state index contributed by atoms with van der Waals surface area (Å²) in [7, 11) is 0. The summed E-state index contributed by atoms with van der Waals surface area (Å²) in [5, 5.41) is 17.9. The first-order valence-corrected chi connectivity index (χ1v) is 4.67. The summed E-state index contributed by atoms with van der Waals surface area (Å²) in [6, 6.07) is 7.14. The van der Waals surface area contributed by atoms with Gasteiger partial charge in [0, 0.05) is 5.56 Å². The third kappa shape index (κ3) is 2.97. The van der Waals surface area contributed by atoms with Gasteiger partial charge >= 0.3 is 0 Å². The van der Waals surface area contributed by atoms with Gasteiger partial charge in [-0.1, -0.05) is 12.1 Å². The molecule has 0 saturated carbocycles. The van der Waals surface area contributed by atoms with Crippen molar-refractivity contribution in [3.05, 3.63) is 35.9 Å². The van der Waals surface area contributed by atoms with E-state index >= 15 is 0 Å². The number of ether oxygens (including phenoxy) is 1. The van der Waals surface area contributed by atoms with Crippen LogP contribution in [-0.4, -0.2) is 10.7 Å². The quantitative estimate of drug-likeness (QED) is 0.805. The highest BCUT2D eigenvalue weighted by atomic mass is 16.5. The van der Waals surface area contributed by atoms with E-state index in [4.69, 9.17) is 15.1 Å². The summed E-state index contributed by atoms with van der Waals surface area (Å²) >= 11 is 0. The molecule has 1 aromatic carbocycles. The molecule has 1 aromatic rings. The van der Waals surface area contributed by atoms with E-state index in [9.17, 15) is 0 Å². The number of hydrogen-bond donors (Lipinski definition) is 1. The highest BCUT2D eigenvalue weighted by Crippen LogP contribution is 2.25. The Morgan fingerprint density at radius 2 is 2.07 bits per heavy atom. The summed E-state index contributed by atoms with van der Waals surface area (Å²) in [4.78, 5) is 0. The van der Waals surface area contributed by atoms with Gasteiger partial charge in [0.05, 0.1) is 5.56 Å². The van der Waals surface area contributed by atoms with Crippen LogP contribution >= 0.6 is 0 Å². The molecule has 0 saturated heterocycles. The molecule has 0 atom stereocenters. The van der Waals surface area contributed by atoms with Crippen molar-refractivity contribution < 1.29 is 9.84 Å². The van der Waals surface area contributed by atoms with E-state index in [2.05, 4.69) is 0 Å². The maximum absolute atomic E-state index is 8.97. The maximum Gasteiger partial charge on any atom is 0.138 e. The molecule has 15 heavy (non-hydrogen) atoms. The molecule has 0 aliphatic heterocycles. The van der Waals surface area contributed by atoms with Crippen LogP contribution in [0.15, 0.2) is 18.2 Å². The molecule has 3 heteroatoms. The molecule has 3 nitrogen and oxygen atoms in total. The number of benzene rings is 1. The Kier molecular flexibility index (Phi) is 3.33. The van der Waals surface area contributed by atoms with Crippen LogP contribution in [0.4, 0.5) is 0 Å². The molecule has 0 spiro atoms. The monoisotopic (exact) mass is 204 g/mol. The fourth-order valence-electron chi connectivity index (χ4n) is 1.19. The lowest BCUT2D eigenvalue weighted by Crippen LogP contribution is -2.23. The van der Waals surface area contributed by atoms with Crippen LogP contribution in [0.5, 0.6) is 5.75 Å². The van der Waals surface area contributed by atoms with E-state index in [1.165, 1.54) is 0 Å². The van der Waals surface area contributed by atoms with E-state index in [1.807, 2.05) is 26.8 Å². The first-order chi connectivity index (χ1) is 6.98. The SMILES string of the molecule is CC(C)(C)Oc1cccc([CH]O)c1C#N. The van der Waals surface area contributed by atoms with Gasteiger partial charge < -0.3 is 9.84 Å². The van der Waals surface area contributed by atoms with Crippen molar-refractivity contribution in [3.63, 3.8) is 0 Å². The molecular weight excluding hydrogens is 190 g/mol. The lowest BCUT2D eigenvalue weighted by molar-refractivity contribution is 0.130. The van der Waals surface area contributed by atoms with E-state index in [-0.39, 0.29) is 5.60 Å². The second kappa shape index (κ2) is 4.33. The molecule has 0 heterocycles. The van der Waals surface area contributed by atoms with E-state index in [0.29, 0.717) is 16.9 Å². The molecule has 0 aromatic heterocycles. The zero-order chi connectivity index (χ0) is 11.5. The molecule has 0 amide bonds. The van der Waals surface area contributed by atoms with Crippen LogP contribution in [0, 0.1) is 17.9 Å². The van der Waals surface area contributed by atoms with Crippen molar-refractivity contribution in [1.82, 2.24) is 0 Å². The standard InChI is InChI=1S/C12H14NO2/c1-12(2,3)15-11-6-4-5-9(8-14)10(11)7-13/h4-6,8,14H,1-3H3. The van der Waals surface area contributed by atoms with Gasteiger partial charge in [0.2, 0.25) is 0 Å². The van der Waals surface area contributed by atoms with Gasteiger partial charge in [-0.05, 0) is 26.8 Å². The van der Waals surface area contributed by atoms with E-state index < -0.39 is 0 Å². The van der Waals surface area contributed by atoms with Gasteiger partial charge in [0.1, 0.15) is 24.0 Å². The fraction of sp³-hybridized carbons (Fsp3) is 0.333. The molecule has 1 N–H and O–H groups in total. The van der Waals surface area contributed by atoms with Gasteiger partial charge in [-0.3, -0.25) is 0 Å². The second-order valence-corrected chi connectivity index (χ2v) is 4.18. The van der Waals surface area contributed by atoms with Gasteiger partial charge in [-0.25, -0.2) is 0 Å². The smallest absolute Gasteiger partial charge is 0.138 e. The number of aliphatic hydroxyl groups is 1. The Hall–Kier alpha value is -1.53. The van der Waals surface area contributed by atoms with Crippen LogP contribution in [0.2, 0.25) is 0 Å². The Morgan fingerprint density at radius 3 is 2.53 bits per heavy atom. The molecule has 0 fully saturated rings. The van der Waals surface area contributed by atoms with Gasteiger partial charge in [0.15, 0.2) is 0 Å². The van der Waals surface area contributed by atoms with Crippen molar-refractivity contribution in [2.75, 3.05) is 0 Å². The number of hydrogen-bond acceptors (Lipinski definition) is 3. The fourth-order valence-corrected chi connectivity index (χ4v) is 1.19. The van der Waals surface area contributed by atoms with Crippen molar-refractivity contribution in [3.8, 4) is 11.8 Å². The minimum atomic E-state index is -0.361. The average Bonchev–Trinajstić information content (AvgIpc) is 2.15. The predicted molar refractivity (Wildman–Crippen MR) is 56.9 cm³/mol. The van der Waals surface area contributed by atoms with Gasteiger partial charge in [-0.15, -0.1) is 0 Å². The zero-order valence-corrected chi connectivity index (χ0v) is 9.11. The van der Waals surface area contributed by atoms with Crippen molar-refractivity contribution >= 4 is 0 Å². The second-order valence-electron chi connectivity index (χ2n) is 4.18. The zero-order valence-electron chi connectivity index (χ0n) is 9.11. The number of rotatable bonds is 2. The number of aliphatic hydroxyl groups excluding tert-OH is 1. The van der Waals surface area contributed by atoms with Gasteiger partial charge in [0.25, 0.3) is 0 Å². The molecule has 0 bridgehead atoms. The molecule has 79 valence electrons. The van der Waals surface area contributed by atoms with E-state index in [1.54, 1.807) is 18.2 Å².